The molecule has 0 aliphatic carbocycles. The van der Waals surface area contributed by atoms with Crippen LogP contribution in [0.25, 0.3) is 54.9 Å². The summed E-state index contributed by atoms with van der Waals surface area (Å²) in [6.07, 6.45) is 4.91. The van der Waals surface area contributed by atoms with Crippen LogP contribution in [-0.2, 0) is 24.9 Å². The molecule has 0 bridgehead atoms. The molecule has 0 aliphatic heterocycles. The summed E-state index contributed by atoms with van der Waals surface area (Å²) in [7, 11) is 0. The van der Waals surface area contributed by atoms with Crippen molar-refractivity contribution >= 4 is 49.4 Å². The Labute approximate surface area is 285 Å². The topological polar surface area (TPSA) is 76.2 Å². The van der Waals surface area contributed by atoms with Gasteiger partial charge in [-0.1, -0.05) is 102 Å². The van der Waals surface area contributed by atoms with Gasteiger partial charge in [-0.2, -0.15) is 4.98 Å². The maximum Gasteiger partial charge on any atom is 0.221 e. The molecule has 0 spiro atoms. The summed E-state index contributed by atoms with van der Waals surface area (Å²) in [5, 5.41) is 16.4. The minimum atomic E-state index is 0. The first-order valence-electron chi connectivity index (χ1n) is 16.3. The first-order valence-corrected chi connectivity index (χ1v) is 16.3. The van der Waals surface area contributed by atoms with Gasteiger partial charge >= 0.3 is 0 Å². The van der Waals surface area contributed by atoms with Crippen molar-refractivity contribution in [2.24, 2.45) is 11.8 Å². The Morgan fingerprint density at radius 3 is 2.11 bits per heavy atom. The Hall–Kier alpha value is -3.86. The van der Waals surface area contributed by atoms with E-state index in [9.17, 15) is 9.90 Å². The number of aliphatic hydroxyl groups is 1. The van der Waals surface area contributed by atoms with Crippen LogP contribution in [0, 0.1) is 17.9 Å². The van der Waals surface area contributed by atoms with Crippen LogP contribution in [-0.4, -0.2) is 20.9 Å². The quantitative estimate of drug-likeness (QED) is 0.0896. The van der Waals surface area contributed by atoms with E-state index < -0.39 is 0 Å². The van der Waals surface area contributed by atoms with Gasteiger partial charge in [0, 0.05) is 60.4 Å². The normalized spacial score (nSPS) is 11.9. The second kappa shape index (κ2) is 15.6. The first-order chi connectivity index (χ1) is 21.8. The Balaban J connectivity index is 0.000000259. The summed E-state index contributed by atoms with van der Waals surface area (Å²) in [5.41, 5.74) is 3.31. The zero-order chi connectivity index (χ0) is 32.1. The van der Waals surface area contributed by atoms with E-state index in [1.54, 1.807) is 0 Å². The molecule has 46 heavy (non-hydrogen) atoms. The molecule has 1 radical (unpaired) electrons. The number of carbonyl (C=O) groups excluding carboxylic acids is 1. The van der Waals surface area contributed by atoms with Crippen molar-refractivity contribution in [3.63, 3.8) is 0 Å². The molecule has 5 nitrogen and oxygen atoms in total. The molecule has 241 valence electrons. The Morgan fingerprint density at radius 2 is 1.46 bits per heavy atom. The number of aliphatic hydroxyl groups excluding tert-OH is 1. The zero-order valence-corrected chi connectivity index (χ0v) is 30.0. The summed E-state index contributed by atoms with van der Waals surface area (Å²) in [5.74, 6) is 1.52. The number of carbonyl (C=O) groups is 1. The van der Waals surface area contributed by atoms with E-state index >= 15 is 0 Å². The van der Waals surface area contributed by atoms with E-state index in [1.165, 1.54) is 16.8 Å². The van der Waals surface area contributed by atoms with Gasteiger partial charge in [0.1, 0.15) is 11.4 Å². The monoisotopic (exact) mass is 792 g/mol. The third kappa shape index (κ3) is 7.24. The maximum absolute atomic E-state index is 11.7. The number of rotatable bonds is 9. The Bertz CT molecular complexity index is 1980. The maximum atomic E-state index is 11.7. The summed E-state index contributed by atoms with van der Waals surface area (Å²) >= 11 is 0. The van der Waals surface area contributed by atoms with Crippen LogP contribution in [0.2, 0.25) is 0 Å². The molecule has 0 aliphatic rings. The molecule has 2 heterocycles. The zero-order valence-electron chi connectivity index (χ0n) is 27.6. The predicted molar refractivity (Wildman–Crippen MR) is 187 cm³/mol. The van der Waals surface area contributed by atoms with Crippen LogP contribution >= 0.6 is 0 Å². The molecule has 0 atom stereocenters. The molecule has 4 aromatic carbocycles. The number of benzene rings is 4. The summed E-state index contributed by atoms with van der Waals surface area (Å²) in [4.78, 5) is 21.5. The van der Waals surface area contributed by atoms with E-state index in [4.69, 9.17) is 14.4 Å². The van der Waals surface area contributed by atoms with E-state index in [2.05, 4.69) is 74.5 Å². The van der Waals surface area contributed by atoms with Crippen LogP contribution in [0.3, 0.4) is 0 Å². The fourth-order valence-corrected chi connectivity index (χ4v) is 5.95. The van der Waals surface area contributed by atoms with Gasteiger partial charge in [-0.3, -0.25) is 9.78 Å². The molecule has 6 heteroatoms. The molecule has 2 aromatic heterocycles. The van der Waals surface area contributed by atoms with Crippen molar-refractivity contribution in [3.05, 3.63) is 96.5 Å². The van der Waals surface area contributed by atoms with Crippen molar-refractivity contribution in [1.82, 2.24) is 9.97 Å². The number of allylic oxidation sites excluding steroid dienone is 2. The average Bonchev–Trinajstić information content (AvgIpc) is 3.45. The van der Waals surface area contributed by atoms with E-state index in [-0.39, 0.29) is 49.4 Å². The molecule has 6 rings (SSSR count). The average molecular weight is 792 g/mol. The first kappa shape index (κ1) is 35.0. The number of ketones is 1. The standard InChI is InChI=1S/C27H19N2O.C13H24O2.Ir/c1-16(2)26-28-25(20-12-11-17-7-3-4-9-19(17)15-20)24-23-21-10-6-5-8-18(21)13-14-22(23)30-27(24)29-26;1-5-10(6-2)12(14)9-13(15)11(7-3)8-4;/h3-11,13-16H,1-2H3;9-11,14H,5-8H2,1-4H3;/q-1;;/b;12-9-;. The molecule has 0 saturated heterocycles. The second-order valence-corrected chi connectivity index (χ2v) is 12.0. The molecular formula is C40H43IrN2O3-. The number of hydrogen-bond acceptors (Lipinski definition) is 5. The number of aromatic nitrogens is 2. The number of furan rings is 1. The fraction of sp³-hybridized carbons (Fsp3) is 0.325. The molecular weight excluding hydrogens is 749 g/mol. The third-order valence-corrected chi connectivity index (χ3v) is 8.77. The largest absolute Gasteiger partial charge is 0.512 e. The smallest absolute Gasteiger partial charge is 0.221 e. The van der Waals surface area contributed by atoms with Crippen molar-refractivity contribution in [2.75, 3.05) is 0 Å². The second-order valence-electron chi connectivity index (χ2n) is 12.0. The molecule has 0 fully saturated rings. The SMILES string of the molecule is CC(C)c1nc(-c2[c-]cc3ccccc3c2)c2c(n1)oc1ccc3ccccc3c12.CCC(CC)C(=O)/C=C(\O)C(CC)CC.[Ir]. The molecule has 0 saturated carbocycles. The van der Waals surface area contributed by atoms with Gasteiger partial charge in [0.15, 0.2) is 5.78 Å². The van der Waals surface area contributed by atoms with Crippen molar-refractivity contribution in [2.45, 2.75) is 73.1 Å². The Kier molecular flexibility index (Phi) is 11.9. The number of hydrogen-bond donors (Lipinski definition) is 1. The van der Waals surface area contributed by atoms with E-state index in [0.717, 1.165) is 69.9 Å². The van der Waals surface area contributed by atoms with Crippen LogP contribution in [0.4, 0.5) is 0 Å². The van der Waals surface area contributed by atoms with Crippen LogP contribution < -0.4 is 0 Å². The third-order valence-electron chi connectivity index (χ3n) is 8.77. The fourth-order valence-electron chi connectivity index (χ4n) is 5.95. The van der Waals surface area contributed by atoms with Crippen LogP contribution in [0.15, 0.2) is 89.0 Å². The molecule has 0 amide bonds. The summed E-state index contributed by atoms with van der Waals surface area (Å²) < 4.78 is 6.24. The van der Waals surface area contributed by atoms with Crippen LogP contribution in [0.5, 0.6) is 0 Å². The predicted octanol–water partition coefficient (Wildman–Crippen LogP) is 11.1. The summed E-state index contributed by atoms with van der Waals surface area (Å²) in [6.45, 7) is 12.3. The van der Waals surface area contributed by atoms with Crippen molar-refractivity contribution in [3.8, 4) is 11.3 Å². The number of fused-ring (bicyclic) bond motifs is 6. The minimum Gasteiger partial charge on any atom is -0.512 e. The van der Waals surface area contributed by atoms with Gasteiger partial charge in [0.2, 0.25) is 5.71 Å². The van der Waals surface area contributed by atoms with Gasteiger partial charge in [-0.25, -0.2) is 0 Å². The van der Waals surface area contributed by atoms with Gasteiger partial charge in [0.05, 0.1) is 5.76 Å². The van der Waals surface area contributed by atoms with Gasteiger partial charge < -0.3 is 9.52 Å². The van der Waals surface area contributed by atoms with Crippen molar-refractivity contribution in [1.29, 1.82) is 0 Å². The van der Waals surface area contributed by atoms with E-state index in [1.807, 2.05) is 45.9 Å². The van der Waals surface area contributed by atoms with Gasteiger partial charge in [-0.15, -0.1) is 29.1 Å². The number of nitrogens with zero attached hydrogens (tertiary/aromatic N) is 2. The van der Waals surface area contributed by atoms with Gasteiger partial charge in [-0.05, 0) is 42.5 Å². The van der Waals surface area contributed by atoms with E-state index in [0.29, 0.717) is 5.71 Å². The molecule has 0 unspecified atom stereocenters. The van der Waals surface area contributed by atoms with Crippen LogP contribution in [0.1, 0.15) is 79.0 Å². The summed E-state index contributed by atoms with van der Waals surface area (Å²) in [6, 6.07) is 28.5. The molecule has 6 aromatic rings. The minimum absolute atomic E-state index is 0. The molecule has 1 N–H and O–H groups in total. The van der Waals surface area contributed by atoms with Crippen molar-refractivity contribution < 1.29 is 34.4 Å². The Morgan fingerprint density at radius 1 is 0.826 bits per heavy atom. The van der Waals surface area contributed by atoms with Gasteiger partial charge in [0.25, 0.3) is 0 Å².